The summed E-state index contributed by atoms with van der Waals surface area (Å²) in [6, 6.07) is 15.6. The summed E-state index contributed by atoms with van der Waals surface area (Å²) < 4.78 is 5.65. The van der Waals surface area contributed by atoms with Crippen LogP contribution in [0.15, 0.2) is 58.2 Å². The zero-order valence-corrected chi connectivity index (χ0v) is 12.4. The molecule has 0 fully saturated rings. The number of oxazole rings is 1. The van der Waals surface area contributed by atoms with Crippen LogP contribution in [0, 0.1) is 6.92 Å². The predicted molar refractivity (Wildman–Crippen MR) is 84.4 cm³/mol. The summed E-state index contributed by atoms with van der Waals surface area (Å²) >= 11 is 10.1. The van der Waals surface area contributed by atoms with E-state index in [4.69, 9.17) is 16.0 Å². The molecule has 0 bridgehead atoms. The summed E-state index contributed by atoms with van der Waals surface area (Å²) in [6.45, 7) is 2.05. The maximum absolute atomic E-state index is 5.92. The van der Waals surface area contributed by atoms with E-state index in [1.165, 1.54) is 5.56 Å². The highest BCUT2D eigenvalue weighted by molar-refractivity contribution is 7.80. The van der Waals surface area contributed by atoms with Gasteiger partial charge in [0.05, 0.1) is 0 Å². The zero-order valence-electron chi connectivity index (χ0n) is 10.8. The Bertz CT molecular complexity index is 669. The van der Waals surface area contributed by atoms with Crippen molar-refractivity contribution in [3.8, 4) is 22.6 Å². The number of hydrogen-bond donors (Lipinski definition) is 1. The first-order chi connectivity index (χ1) is 9.63. The standard InChI is InChI=1S/C16H12ClNOS/c1-10-2-4-12(5-3-10)15-14(18-16(20)19-15)11-6-8-13(17)9-7-11/h2-9H,1H3,(H,18,20). The number of aromatic nitrogens is 1. The summed E-state index contributed by atoms with van der Waals surface area (Å²) in [5.74, 6) is 0.720. The van der Waals surface area contributed by atoms with Gasteiger partial charge < -0.3 is 4.42 Å². The number of benzene rings is 2. The van der Waals surface area contributed by atoms with Crippen LogP contribution in [-0.4, -0.2) is 4.98 Å². The van der Waals surface area contributed by atoms with Gasteiger partial charge in [0.1, 0.15) is 5.69 Å². The molecular formula is C16H12ClNOS. The maximum atomic E-state index is 5.92. The van der Waals surface area contributed by atoms with Crippen molar-refractivity contribution in [2.45, 2.75) is 12.1 Å². The second-order valence-electron chi connectivity index (χ2n) is 4.55. The Hall–Kier alpha value is -1.71. The molecule has 0 saturated carbocycles. The third-order valence-corrected chi connectivity index (χ3v) is 3.49. The van der Waals surface area contributed by atoms with E-state index in [0.29, 0.717) is 10.2 Å². The molecule has 0 saturated heterocycles. The molecule has 0 unspecified atom stereocenters. The van der Waals surface area contributed by atoms with Crippen LogP contribution < -0.4 is 0 Å². The normalized spacial score (nSPS) is 10.8. The van der Waals surface area contributed by atoms with Crippen molar-refractivity contribution in [3.05, 3.63) is 59.1 Å². The van der Waals surface area contributed by atoms with Gasteiger partial charge in [0.2, 0.25) is 0 Å². The lowest BCUT2D eigenvalue weighted by Gasteiger charge is -2.02. The molecule has 4 heteroatoms. The zero-order chi connectivity index (χ0) is 14.1. The molecule has 0 aliphatic heterocycles. The highest BCUT2D eigenvalue weighted by atomic mass is 35.5. The molecule has 1 heterocycles. The lowest BCUT2D eigenvalue weighted by atomic mass is 10.0. The number of halogens is 1. The molecule has 2 nitrogen and oxygen atoms in total. The summed E-state index contributed by atoms with van der Waals surface area (Å²) in [6.07, 6.45) is 0. The minimum absolute atomic E-state index is 0.352. The van der Waals surface area contributed by atoms with E-state index in [-0.39, 0.29) is 0 Å². The maximum Gasteiger partial charge on any atom is 0.253 e. The molecule has 0 amide bonds. The quantitative estimate of drug-likeness (QED) is 0.653. The summed E-state index contributed by atoms with van der Waals surface area (Å²) in [7, 11) is 0. The molecule has 0 spiro atoms. The molecular weight excluding hydrogens is 290 g/mol. The number of thiol groups is 1. The second kappa shape index (κ2) is 5.35. The second-order valence-corrected chi connectivity index (χ2v) is 5.37. The summed E-state index contributed by atoms with van der Waals surface area (Å²) in [4.78, 5) is 4.36. The Morgan fingerprint density at radius 1 is 0.950 bits per heavy atom. The van der Waals surface area contributed by atoms with Gasteiger partial charge in [-0.05, 0) is 19.1 Å². The van der Waals surface area contributed by atoms with E-state index in [1.807, 2.05) is 55.5 Å². The minimum Gasteiger partial charge on any atom is -0.431 e. The van der Waals surface area contributed by atoms with Crippen molar-refractivity contribution in [1.29, 1.82) is 0 Å². The van der Waals surface area contributed by atoms with Gasteiger partial charge in [0, 0.05) is 16.1 Å². The predicted octanol–water partition coefficient (Wildman–Crippen LogP) is 5.26. The van der Waals surface area contributed by atoms with Crippen molar-refractivity contribution in [2.24, 2.45) is 0 Å². The van der Waals surface area contributed by atoms with Gasteiger partial charge >= 0.3 is 0 Å². The molecule has 3 rings (SSSR count). The van der Waals surface area contributed by atoms with Gasteiger partial charge in [-0.3, -0.25) is 0 Å². The van der Waals surface area contributed by atoms with Crippen LogP contribution in [-0.2, 0) is 0 Å². The van der Waals surface area contributed by atoms with Crippen LogP contribution in [0.4, 0.5) is 0 Å². The molecule has 20 heavy (non-hydrogen) atoms. The fraction of sp³-hybridized carbons (Fsp3) is 0.0625. The van der Waals surface area contributed by atoms with Crippen molar-refractivity contribution in [1.82, 2.24) is 4.98 Å². The van der Waals surface area contributed by atoms with Crippen molar-refractivity contribution in [2.75, 3.05) is 0 Å². The SMILES string of the molecule is Cc1ccc(-c2oc(S)nc2-c2ccc(Cl)cc2)cc1. The van der Waals surface area contributed by atoms with Crippen LogP contribution in [0.5, 0.6) is 0 Å². The van der Waals surface area contributed by atoms with Crippen LogP contribution in [0.2, 0.25) is 5.02 Å². The first-order valence-corrected chi connectivity index (χ1v) is 6.99. The average molecular weight is 302 g/mol. The molecule has 0 aliphatic rings. The lowest BCUT2D eigenvalue weighted by molar-refractivity contribution is 0.468. The molecule has 0 atom stereocenters. The lowest BCUT2D eigenvalue weighted by Crippen LogP contribution is -1.83. The van der Waals surface area contributed by atoms with E-state index in [1.54, 1.807) is 0 Å². The molecule has 1 aromatic heterocycles. The Kier molecular flexibility index (Phi) is 3.55. The van der Waals surface area contributed by atoms with Gasteiger partial charge in [0.25, 0.3) is 5.22 Å². The third kappa shape index (κ3) is 2.60. The highest BCUT2D eigenvalue weighted by Gasteiger charge is 2.15. The van der Waals surface area contributed by atoms with Gasteiger partial charge in [-0.1, -0.05) is 66.2 Å². The number of aryl methyl sites for hydroxylation is 1. The largest absolute Gasteiger partial charge is 0.431 e. The highest BCUT2D eigenvalue weighted by Crippen LogP contribution is 2.34. The number of hydrogen-bond acceptors (Lipinski definition) is 3. The van der Waals surface area contributed by atoms with Crippen LogP contribution >= 0.6 is 24.2 Å². The van der Waals surface area contributed by atoms with Gasteiger partial charge in [0.15, 0.2) is 5.76 Å². The van der Waals surface area contributed by atoms with E-state index >= 15 is 0 Å². The Morgan fingerprint density at radius 2 is 1.55 bits per heavy atom. The first kappa shape index (κ1) is 13.3. The fourth-order valence-electron chi connectivity index (χ4n) is 2.01. The third-order valence-electron chi connectivity index (χ3n) is 3.05. The average Bonchev–Trinajstić information content (AvgIpc) is 2.82. The van der Waals surface area contributed by atoms with Crippen molar-refractivity contribution in [3.63, 3.8) is 0 Å². The summed E-state index contributed by atoms with van der Waals surface area (Å²) in [5, 5.41) is 1.05. The molecule has 0 aliphatic carbocycles. The molecule has 3 aromatic rings. The van der Waals surface area contributed by atoms with E-state index in [2.05, 4.69) is 17.6 Å². The van der Waals surface area contributed by atoms with Crippen molar-refractivity contribution < 1.29 is 4.42 Å². The molecule has 100 valence electrons. The van der Waals surface area contributed by atoms with Gasteiger partial charge in [-0.2, -0.15) is 0 Å². The summed E-state index contributed by atoms with van der Waals surface area (Å²) in [5.41, 5.74) is 3.91. The van der Waals surface area contributed by atoms with E-state index in [9.17, 15) is 0 Å². The fourth-order valence-corrected chi connectivity index (χ4v) is 2.33. The van der Waals surface area contributed by atoms with Crippen LogP contribution in [0.25, 0.3) is 22.6 Å². The monoisotopic (exact) mass is 301 g/mol. The molecule has 0 N–H and O–H groups in total. The Morgan fingerprint density at radius 3 is 2.20 bits per heavy atom. The first-order valence-electron chi connectivity index (χ1n) is 6.16. The topological polar surface area (TPSA) is 26.0 Å². The Balaban J connectivity index is 2.12. The van der Waals surface area contributed by atoms with E-state index in [0.717, 1.165) is 22.6 Å². The van der Waals surface area contributed by atoms with Crippen LogP contribution in [0.1, 0.15) is 5.56 Å². The van der Waals surface area contributed by atoms with Crippen LogP contribution in [0.3, 0.4) is 0 Å². The van der Waals surface area contributed by atoms with Crippen molar-refractivity contribution >= 4 is 24.2 Å². The van der Waals surface area contributed by atoms with Gasteiger partial charge in [-0.15, -0.1) is 0 Å². The smallest absolute Gasteiger partial charge is 0.253 e. The van der Waals surface area contributed by atoms with E-state index < -0.39 is 0 Å². The van der Waals surface area contributed by atoms with Gasteiger partial charge in [-0.25, -0.2) is 4.98 Å². The Labute approximate surface area is 127 Å². The number of rotatable bonds is 2. The molecule has 2 aromatic carbocycles. The minimum atomic E-state index is 0.352. The number of nitrogens with zero attached hydrogens (tertiary/aromatic N) is 1. The molecule has 0 radical (unpaired) electrons.